The van der Waals surface area contributed by atoms with Gasteiger partial charge in [0.15, 0.2) is 16.8 Å². The van der Waals surface area contributed by atoms with E-state index < -0.39 is 49.3 Å². The van der Waals surface area contributed by atoms with Gasteiger partial charge in [-0.15, -0.1) is 0 Å². The summed E-state index contributed by atoms with van der Waals surface area (Å²) in [4.78, 5) is 40.2. The Labute approximate surface area is 274 Å². The van der Waals surface area contributed by atoms with Crippen molar-refractivity contribution in [3.05, 3.63) is 58.3 Å². The Morgan fingerprint density at radius 2 is 1.90 bits per heavy atom. The molecule has 7 rings (SSSR count). The Hall–Kier alpha value is -3.76. The fourth-order valence-electron chi connectivity index (χ4n) is 7.69. The van der Waals surface area contributed by atoms with Crippen LogP contribution in [0.15, 0.2) is 46.0 Å². The minimum absolute atomic E-state index is 0.0224. The number of carbonyl (C=O) groups is 1. The number of H-pyrrole nitrogens is 1. The van der Waals surface area contributed by atoms with Crippen LogP contribution < -0.4 is 15.5 Å². The van der Waals surface area contributed by atoms with Crippen molar-refractivity contribution in [2.45, 2.75) is 81.6 Å². The van der Waals surface area contributed by atoms with E-state index in [0.717, 1.165) is 23.7 Å². The summed E-state index contributed by atoms with van der Waals surface area (Å²) < 4.78 is 15.2. The highest BCUT2D eigenvalue weighted by atomic mass is 17.2. The van der Waals surface area contributed by atoms with E-state index in [4.69, 9.17) is 24.0 Å². The third-order valence-electron chi connectivity index (χ3n) is 10.3. The number of ether oxygens (including phenoxy) is 1. The van der Waals surface area contributed by atoms with E-state index in [1.54, 1.807) is 13.0 Å². The average molecular weight is 668 g/mol. The van der Waals surface area contributed by atoms with Gasteiger partial charge in [-0.2, -0.15) is 0 Å². The van der Waals surface area contributed by atoms with Crippen LogP contribution in [-0.2, 0) is 21.0 Å². The van der Waals surface area contributed by atoms with Crippen molar-refractivity contribution in [3.63, 3.8) is 0 Å². The van der Waals surface area contributed by atoms with Gasteiger partial charge in [0.2, 0.25) is 5.91 Å². The number of hydrogen-bond donors (Lipinski definition) is 7. The molecule has 0 bridgehead atoms. The van der Waals surface area contributed by atoms with Gasteiger partial charge in [0.05, 0.1) is 17.5 Å². The molecule has 2 fully saturated rings. The number of rotatable bonds is 10. The van der Waals surface area contributed by atoms with Gasteiger partial charge in [0.1, 0.15) is 54.2 Å². The van der Waals surface area contributed by atoms with Crippen LogP contribution in [0.1, 0.15) is 43.4 Å². The van der Waals surface area contributed by atoms with E-state index in [0.29, 0.717) is 59.5 Å². The molecule has 0 radical (unpaired) electrons. The fraction of sp³-hybridized carbons (Fsp3) is 0.529. The zero-order valence-corrected chi connectivity index (χ0v) is 26.5. The first-order valence-electron chi connectivity index (χ1n) is 16.4. The molecule has 4 aromatic rings. The molecule has 1 aliphatic carbocycles. The number of nitrogens with one attached hydrogen (secondary N) is 2. The van der Waals surface area contributed by atoms with Crippen molar-refractivity contribution in [1.82, 2.24) is 14.9 Å². The van der Waals surface area contributed by atoms with E-state index >= 15 is 0 Å². The number of hydrogen-bond acceptors (Lipinski definition) is 11. The molecule has 3 aromatic heterocycles. The van der Waals surface area contributed by atoms with Crippen LogP contribution in [-0.4, -0.2) is 96.9 Å². The van der Waals surface area contributed by atoms with Gasteiger partial charge in [-0.3, -0.25) is 9.59 Å². The third-order valence-corrected chi connectivity index (χ3v) is 10.3. The predicted octanol–water partition coefficient (Wildman–Crippen LogP) is 1.13. The molecule has 1 amide bonds. The molecule has 258 valence electrons. The number of aromatic amines is 1. The molecule has 3 aliphatic rings. The van der Waals surface area contributed by atoms with Crippen LogP contribution in [0.5, 0.6) is 5.75 Å². The zero-order valence-electron chi connectivity index (χ0n) is 26.5. The van der Waals surface area contributed by atoms with Gasteiger partial charge >= 0.3 is 0 Å². The number of nitrogens with zero attached hydrogens (tertiary/aromatic N) is 1. The molecule has 14 nitrogen and oxygen atoms in total. The van der Waals surface area contributed by atoms with E-state index in [1.165, 1.54) is 6.07 Å². The number of benzene rings is 1. The molecule has 1 saturated carbocycles. The van der Waals surface area contributed by atoms with Gasteiger partial charge in [0.25, 0.3) is 0 Å². The van der Waals surface area contributed by atoms with Crippen molar-refractivity contribution < 1.29 is 49.3 Å². The second kappa shape index (κ2) is 12.9. The second-order valence-corrected chi connectivity index (χ2v) is 13.5. The van der Waals surface area contributed by atoms with E-state index in [1.807, 2.05) is 29.2 Å². The van der Waals surface area contributed by atoms with Crippen molar-refractivity contribution in [1.29, 1.82) is 0 Å². The van der Waals surface area contributed by atoms with E-state index in [9.17, 15) is 30.0 Å². The lowest BCUT2D eigenvalue weighted by Crippen LogP contribution is -2.56. The van der Waals surface area contributed by atoms with Crippen LogP contribution in [0.3, 0.4) is 0 Å². The Kier molecular flexibility index (Phi) is 8.83. The Bertz CT molecular complexity index is 1840. The van der Waals surface area contributed by atoms with Gasteiger partial charge in [-0.25, -0.2) is 9.78 Å². The number of aromatic nitrogens is 2. The van der Waals surface area contributed by atoms with Crippen LogP contribution >= 0.6 is 0 Å². The fourth-order valence-corrected chi connectivity index (χ4v) is 7.69. The molecule has 1 saturated heterocycles. The SMILES string of the molecule is Cc1cc(=O)c2cc3c(c(-n4cc5cc[nH]c5c4)c2o1)O[C@@]1(CCC[C@H]([C@@H]2CNC(=O)C2)C1)[C@H](OOC[C@H](O)[C@@H](O)[C@H](O)[C@H](O)CO)C3. The minimum Gasteiger partial charge on any atom is -0.482 e. The standard InChI is InChI=1S/C34H41N3O11/c1-17-7-24(39)22-8-20-9-27(48-45-16-26(41)31(44)30(43)25(40)15-38)34(5-2-3-18(11-34)21-10-28(42)36-12-21)47-32(20)29(33(22)46-17)37-13-19-4-6-35-23(19)14-37/h4,6-8,13-14,18,21,25-27,30-31,35,38,40-41,43-44H,2-3,5,9-12,15-16H2,1H3,(H,36,42)/t18-,21-,25+,26-,27+,30+,31+,34+/m0/s1. The van der Waals surface area contributed by atoms with E-state index in [2.05, 4.69) is 10.3 Å². The first kappa shape index (κ1) is 32.8. The molecule has 1 aromatic carbocycles. The maximum atomic E-state index is 13.3. The number of aliphatic hydroxyl groups is 5. The topological polar surface area (TPSA) is 209 Å². The van der Waals surface area contributed by atoms with Crippen molar-refractivity contribution in [3.8, 4) is 11.4 Å². The summed E-state index contributed by atoms with van der Waals surface area (Å²) in [5, 5.41) is 53.9. The smallest absolute Gasteiger partial charge is 0.220 e. The summed E-state index contributed by atoms with van der Waals surface area (Å²) in [6.45, 7) is 0.951. The number of amides is 1. The van der Waals surface area contributed by atoms with Gasteiger partial charge in [-0.1, -0.05) is 0 Å². The summed E-state index contributed by atoms with van der Waals surface area (Å²) >= 11 is 0. The van der Waals surface area contributed by atoms with Crippen molar-refractivity contribution in [2.24, 2.45) is 11.8 Å². The molecule has 2 aliphatic heterocycles. The summed E-state index contributed by atoms with van der Waals surface area (Å²) in [6.07, 6.45) is 1.60. The van der Waals surface area contributed by atoms with Crippen LogP contribution in [0, 0.1) is 18.8 Å². The highest BCUT2D eigenvalue weighted by molar-refractivity contribution is 5.91. The number of aryl methyl sites for hydroxylation is 1. The summed E-state index contributed by atoms with van der Waals surface area (Å²) in [6, 6.07) is 5.15. The van der Waals surface area contributed by atoms with Gasteiger partial charge < -0.3 is 49.6 Å². The second-order valence-electron chi connectivity index (χ2n) is 13.5. The Balaban J connectivity index is 1.27. The van der Waals surface area contributed by atoms with Crippen LogP contribution in [0.2, 0.25) is 0 Å². The first-order valence-corrected chi connectivity index (χ1v) is 16.4. The molecule has 5 heterocycles. The predicted molar refractivity (Wildman–Crippen MR) is 170 cm³/mol. The quantitative estimate of drug-likeness (QED) is 0.0942. The first-order chi connectivity index (χ1) is 23.1. The highest BCUT2D eigenvalue weighted by Crippen LogP contribution is 2.50. The molecule has 1 spiro atoms. The zero-order chi connectivity index (χ0) is 33.7. The van der Waals surface area contributed by atoms with E-state index in [-0.39, 0.29) is 29.6 Å². The minimum atomic E-state index is -1.82. The monoisotopic (exact) mass is 667 g/mol. The summed E-state index contributed by atoms with van der Waals surface area (Å²) in [5.41, 5.74) is 1.42. The van der Waals surface area contributed by atoms with Crippen molar-refractivity contribution >= 4 is 27.8 Å². The lowest BCUT2D eigenvalue weighted by Gasteiger charge is -2.49. The lowest BCUT2D eigenvalue weighted by molar-refractivity contribution is -0.364. The lowest BCUT2D eigenvalue weighted by atomic mass is 9.68. The van der Waals surface area contributed by atoms with Gasteiger partial charge in [0, 0.05) is 55.0 Å². The Morgan fingerprint density at radius 1 is 1.08 bits per heavy atom. The van der Waals surface area contributed by atoms with Crippen molar-refractivity contribution in [2.75, 3.05) is 19.8 Å². The third kappa shape index (κ3) is 5.91. The molecular weight excluding hydrogens is 626 g/mol. The maximum absolute atomic E-state index is 13.3. The summed E-state index contributed by atoms with van der Waals surface area (Å²) in [7, 11) is 0. The molecule has 8 atom stereocenters. The molecule has 7 N–H and O–H groups in total. The van der Waals surface area contributed by atoms with Crippen LogP contribution in [0.4, 0.5) is 0 Å². The molecular formula is C34H41N3O11. The van der Waals surface area contributed by atoms with Crippen LogP contribution in [0.25, 0.3) is 27.6 Å². The Morgan fingerprint density at radius 3 is 2.65 bits per heavy atom. The largest absolute Gasteiger partial charge is 0.482 e. The molecule has 14 heteroatoms. The van der Waals surface area contributed by atoms with Gasteiger partial charge in [-0.05, 0) is 56.6 Å². The highest BCUT2D eigenvalue weighted by Gasteiger charge is 2.52. The number of carbonyl (C=O) groups excluding carboxylic acids is 1. The molecule has 48 heavy (non-hydrogen) atoms. The summed E-state index contributed by atoms with van der Waals surface area (Å²) in [5.74, 6) is 1.29. The molecule has 0 unspecified atom stereocenters. The average Bonchev–Trinajstić information content (AvgIpc) is 3.80. The number of fused-ring (bicyclic) bond motifs is 3. The normalized spacial score (nSPS) is 26.7. The number of aliphatic hydroxyl groups excluding tert-OH is 5. The maximum Gasteiger partial charge on any atom is 0.220 e.